The van der Waals surface area contributed by atoms with Crippen LogP contribution in [0.2, 0.25) is 5.02 Å². The molecule has 2 aromatic rings. The van der Waals surface area contributed by atoms with E-state index in [9.17, 15) is 4.79 Å². The summed E-state index contributed by atoms with van der Waals surface area (Å²) in [7, 11) is 0. The van der Waals surface area contributed by atoms with Crippen molar-refractivity contribution in [2.24, 2.45) is 0 Å². The molecule has 3 nitrogen and oxygen atoms in total. The molecule has 2 aromatic carbocycles. The Labute approximate surface area is 151 Å². The SMILES string of the molecule is O=C(COc1ccccc1)N1CCSC(c2ccccc2Cl)CC1. The first kappa shape index (κ1) is 17.2. The number of thioether (sulfide) groups is 1. The van der Waals surface area contributed by atoms with Gasteiger partial charge in [-0.05, 0) is 30.2 Å². The number of hydrogen-bond donors (Lipinski definition) is 0. The van der Waals surface area contributed by atoms with Crippen molar-refractivity contribution in [3.05, 3.63) is 65.2 Å². The smallest absolute Gasteiger partial charge is 0.260 e. The van der Waals surface area contributed by atoms with E-state index in [1.54, 1.807) is 0 Å². The summed E-state index contributed by atoms with van der Waals surface area (Å²) in [5.41, 5.74) is 1.17. The predicted octanol–water partition coefficient (Wildman–Crippen LogP) is 4.43. The van der Waals surface area contributed by atoms with Gasteiger partial charge in [-0.25, -0.2) is 0 Å². The molecular weight excluding hydrogens is 342 g/mol. The van der Waals surface area contributed by atoms with E-state index in [1.807, 2.05) is 65.2 Å². The summed E-state index contributed by atoms with van der Waals surface area (Å²) in [6.45, 7) is 1.58. The molecule has 0 bridgehead atoms. The Morgan fingerprint density at radius 3 is 2.67 bits per heavy atom. The number of benzene rings is 2. The number of carbonyl (C=O) groups excluding carboxylic acids is 1. The van der Waals surface area contributed by atoms with E-state index < -0.39 is 0 Å². The van der Waals surface area contributed by atoms with Gasteiger partial charge in [0, 0.05) is 29.1 Å². The monoisotopic (exact) mass is 361 g/mol. The highest BCUT2D eigenvalue weighted by molar-refractivity contribution is 7.99. The van der Waals surface area contributed by atoms with Crippen LogP contribution in [0.25, 0.3) is 0 Å². The number of carbonyl (C=O) groups is 1. The maximum atomic E-state index is 12.4. The number of hydrogen-bond acceptors (Lipinski definition) is 3. The van der Waals surface area contributed by atoms with Crippen LogP contribution in [0.15, 0.2) is 54.6 Å². The third-order valence-corrected chi connectivity index (χ3v) is 5.71. The summed E-state index contributed by atoms with van der Waals surface area (Å²) in [4.78, 5) is 14.3. The van der Waals surface area contributed by atoms with Crippen LogP contribution >= 0.6 is 23.4 Å². The molecule has 1 saturated heterocycles. The van der Waals surface area contributed by atoms with Crippen molar-refractivity contribution in [1.29, 1.82) is 0 Å². The maximum absolute atomic E-state index is 12.4. The second-order valence-corrected chi connectivity index (χ2v) is 7.37. The van der Waals surface area contributed by atoms with Crippen LogP contribution < -0.4 is 4.74 Å². The number of nitrogens with zero attached hydrogens (tertiary/aromatic N) is 1. The van der Waals surface area contributed by atoms with Gasteiger partial charge in [0.1, 0.15) is 5.75 Å². The van der Waals surface area contributed by atoms with Gasteiger partial charge in [0.25, 0.3) is 5.91 Å². The Hall–Kier alpha value is -1.65. The average molecular weight is 362 g/mol. The van der Waals surface area contributed by atoms with E-state index in [-0.39, 0.29) is 12.5 Å². The maximum Gasteiger partial charge on any atom is 0.260 e. The molecular formula is C19H20ClNO2S. The van der Waals surface area contributed by atoms with Crippen LogP contribution in [0.5, 0.6) is 5.75 Å². The van der Waals surface area contributed by atoms with Crippen molar-refractivity contribution in [3.8, 4) is 5.75 Å². The largest absolute Gasteiger partial charge is 0.484 e. The van der Waals surface area contributed by atoms with Crippen LogP contribution in [0.3, 0.4) is 0 Å². The highest BCUT2D eigenvalue weighted by atomic mass is 35.5. The first-order valence-electron chi connectivity index (χ1n) is 8.05. The first-order chi connectivity index (χ1) is 11.7. The molecule has 1 atom stereocenters. The Kier molecular flexibility index (Phi) is 6.05. The topological polar surface area (TPSA) is 29.5 Å². The van der Waals surface area contributed by atoms with Crippen molar-refractivity contribution in [3.63, 3.8) is 0 Å². The summed E-state index contributed by atoms with van der Waals surface area (Å²) < 4.78 is 5.57. The average Bonchev–Trinajstić information content (AvgIpc) is 2.87. The highest BCUT2D eigenvalue weighted by Crippen LogP contribution is 2.37. The molecule has 0 saturated carbocycles. The van der Waals surface area contributed by atoms with E-state index in [0.29, 0.717) is 5.25 Å². The van der Waals surface area contributed by atoms with Gasteiger partial charge in [-0.1, -0.05) is 48.0 Å². The van der Waals surface area contributed by atoms with Crippen molar-refractivity contribution >= 4 is 29.3 Å². The summed E-state index contributed by atoms with van der Waals surface area (Å²) >= 11 is 8.18. The van der Waals surface area contributed by atoms with E-state index >= 15 is 0 Å². The summed E-state index contributed by atoms with van der Waals surface area (Å²) in [5.74, 6) is 1.68. The van der Waals surface area contributed by atoms with Gasteiger partial charge in [-0.3, -0.25) is 4.79 Å². The molecule has 1 heterocycles. The Bertz CT molecular complexity index is 680. The molecule has 1 fully saturated rings. The number of ether oxygens (including phenoxy) is 1. The molecule has 24 heavy (non-hydrogen) atoms. The second-order valence-electron chi connectivity index (χ2n) is 5.65. The molecule has 126 valence electrons. The summed E-state index contributed by atoms with van der Waals surface area (Å²) in [6, 6.07) is 17.4. The van der Waals surface area contributed by atoms with Crippen LogP contribution in [0, 0.1) is 0 Å². The second kappa shape index (κ2) is 8.45. The molecule has 5 heteroatoms. The standard InChI is InChI=1S/C19H20ClNO2S/c20-17-9-5-4-8-16(17)18-10-11-21(12-13-24-18)19(22)14-23-15-6-2-1-3-7-15/h1-9,18H,10-14H2. The van der Waals surface area contributed by atoms with E-state index in [4.69, 9.17) is 16.3 Å². The summed E-state index contributed by atoms with van der Waals surface area (Å²) in [6.07, 6.45) is 0.908. The number of para-hydroxylation sites is 1. The van der Waals surface area contributed by atoms with E-state index in [0.717, 1.165) is 36.0 Å². The Morgan fingerprint density at radius 1 is 1.12 bits per heavy atom. The van der Waals surface area contributed by atoms with Crippen molar-refractivity contribution in [2.45, 2.75) is 11.7 Å². The molecule has 1 unspecified atom stereocenters. The molecule has 1 aliphatic heterocycles. The molecule has 3 rings (SSSR count). The molecule has 1 aliphatic rings. The van der Waals surface area contributed by atoms with Gasteiger partial charge in [0.05, 0.1) is 0 Å². The van der Waals surface area contributed by atoms with Gasteiger partial charge in [0.2, 0.25) is 0 Å². The minimum atomic E-state index is 0.0410. The van der Waals surface area contributed by atoms with Gasteiger partial charge in [0.15, 0.2) is 6.61 Å². The zero-order valence-electron chi connectivity index (χ0n) is 13.4. The van der Waals surface area contributed by atoms with Crippen molar-refractivity contribution < 1.29 is 9.53 Å². The lowest BCUT2D eigenvalue weighted by Gasteiger charge is -2.20. The lowest BCUT2D eigenvalue weighted by molar-refractivity contribution is -0.133. The quantitative estimate of drug-likeness (QED) is 0.807. The number of rotatable bonds is 4. The first-order valence-corrected chi connectivity index (χ1v) is 9.48. The predicted molar refractivity (Wildman–Crippen MR) is 99.8 cm³/mol. The minimum absolute atomic E-state index is 0.0410. The van der Waals surface area contributed by atoms with Crippen LogP contribution in [0.4, 0.5) is 0 Å². The van der Waals surface area contributed by atoms with Gasteiger partial charge in [-0.2, -0.15) is 11.8 Å². The molecule has 1 amide bonds. The Morgan fingerprint density at radius 2 is 1.88 bits per heavy atom. The van der Waals surface area contributed by atoms with E-state index in [2.05, 4.69) is 6.07 Å². The summed E-state index contributed by atoms with van der Waals surface area (Å²) in [5, 5.41) is 1.15. The fraction of sp³-hybridized carbons (Fsp3) is 0.316. The fourth-order valence-corrected chi connectivity index (χ4v) is 4.36. The van der Waals surface area contributed by atoms with Crippen LogP contribution in [-0.2, 0) is 4.79 Å². The molecule has 0 N–H and O–H groups in total. The lowest BCUT2D eigenvalue weighted by atomic mass is 10.1. The van der Waals surface area contributed by atoms with Crippen molar-refractivity contribution in [2.75, 3.05) is 25.4 Å². The number of amides is 1. The minimum Gasteiger partial charge on any atom is -0.484 e. The van der Waals surface area contributed by atoms with Gasteiger partial charge in [-0.15, -0.1) is 0 Å². The van der Waals surface area contributed by atoms with Crippen molar-refractivity contribution in [1.82, 2.24) is 4.90 Å². The van der Waals surface area contributed by atoms with E-state index in [1.165, 1.54) is 5.56 Å². The fourth-order valence-electron chi connectivity index (χ4n) is 2.76. The number of halogens is 1. The normalized spacial score (nSPS) is 18.0. The van der Waals surface area contributed by atoms with Gasteiger partial charge < -0.3 is 9.64 Å². The Balaban J connectivity index is 1.55. The highest BCUT2D eigenvalue weighted by Gasteiger charge is 2.23. The molecule has 0 aliphatic carbocycles. The van der Waals surface area contributed by atoms with Gasteiger partial charge >= 0.3 is 0 Å². The lowest BCUT2D eigenvalue weighted by Crippen LogP contribution is -2.36. The van der Waals surface area contributed by atoms with Crippen LogP contribution in [0.1, 0.15) is 17.2 Å². The molecule has 0 aromatic heterocycles. The molecule has 0 spiro atoms. The molecule has 0 radical (unpaired) electrons. The van der Waals surface area contributed by atoms with Crippen LogP contribution in [-0.4, -0.2) is 36.3 Å². The zero-order chi connectivity index (χ0) is 16.8. The third kappa shape index (κ3) is 4.46. The third-order valence-electron chi connectivity index (χ3n) is 4.05. The zero-order valence-corrected chi connectivity index (χ0v) is 14.9.